The molecule has 0 bridgehead atoms. The molecule has 2 unspecified atom stereocenters. The maximum atomic E-state index is 13.9. The minimum atomic E-state index is -0.904. The second-order valence-corrected chi connectivity index (χ2v) is 15.5. The third-order valence-corrected chi connectivity index (χ3v) is 12.1. The van der Waals surface area contributed by atoms with E-state index in [0.717, 1.165) is 66.8 Å². The van der Waals surface area contributed by atoms with Crippen LogP contribution in [0, 0.1) is 23.7 Å². The first-order chi connectivity index (χ1) is 29.5. The van der Waals surface area contributed by atoms with Crippen LogP contribution in [0.3, 0.4) is 0 Å². The molecule has 2 heteroatoms. The van der Waals surface area contributed by atoms with Gasteiger partial charge >= 0.3 is 0 Å². The molecule has 60 heavy (non-hydrogen) atoms. The van der Waals surface area contributed by atoms with Gasteiger partial charge in [-0.25, -0.2) is 0 Å². The van der Waals surface area contributed by atoms with Gasteiger partial charge in [-0.2, -0.15) is 0 Å². The molecule has 0 aliphatic heterocycles. The molecule has 0 N–H and O–H groups in total. The van der Waals surface area contributed by atoms with Crippen LogP contribution in [0.4, 0.5) is 0 Å². The monoisotopic (exact) mass is 766 g/mol. The van der Waals surface area contributed by atoms with Crippen molar-refractivity contribution in [3.63, 3.8) is 0 Å². The van der Waals surface area contributed by atoms with Gasteiger partial charge in [0.25, 0.3) is 0 Å². The SMILES string of the molecule is O=C1Cc2ccccc2C(C#Cc2ccccc2)(c2ccc(-c3ccc(C4(C#Cc5ccccc5)c5ccccc5CC(=O)c5ccccc54)cc3)cc2)c2ccccc21. The smallest absolute Gasteiger partial charge is 0.167 e. The minimum Gasteiger partial charge on any atom is -0.294 e. The summed E-state index contributed by atoms with van der Waals surface area (Å²) < 4.78 is 0. The fraction of sp³-hybridized carbons (Fsp3) is 0.0690. The largest absolute Gasteiger partial charge is 0.294 e. The van der Waals surface area contributed by atoms with Crippen molar-refractivity contribution in [3.05, 3.63) is 273 Å². The molecule has 0 radical (unpaired) electrons. The van der Waals surface area contributed by atoms with E-state index in [1.165, 1.54) is 0 Å². The highest BCUT2D eigenvalue weighted by Crippen LogP contribution is 2.47. The van der Waals surface area contributed by atoms with Crippen molar-refractivity contribution in [3.8, 4) is 34.8 Å². The maximum Gasteiger partial charge on any atom is 0.167 e. The Morgan fingerprint density at radius 2 is 0.667 bits per heavy atom. The first-order valence-electron chi connectivity index (χ1n) is 20.3. The van der Waals surface area contributed by atoms with Crippen molar-refractivity contribution < 1.29 is 9.59 Å². The number of hydrogen-bond acceptors (Lipinski definition) is 2. The fourth-order valence-corrected chi connectivity index (χ4v) is 9.25. The van der Waals surface area contributed by atoms with E-state index in [2.05, 4.69) is 109 Å². The van der Waals surface area contributed by atoms with Gasteiger partial charge in [0.05, 0.1) is 0 Å². The lowest BCUT2D eigenvalue weighted by Crippen LogP contribution is -2.29. The summed E-state index contributed by atoms with van der Waals surface area (Å²) in [6.45, 7) is 0. The molecular weight excluding hydrogens is 729 g/mol. The van der Waals surface area contributed by atoms with Crippen molar-refractivity contribution in [1.82, 2.24) is 0 Å². The lowest BCUT2D eigenvalue weighted by Gasteiger charge is -2.32. The van der Waals surface area contributed by atoms with Gasteiger partial charge in [-0.15, -0.1) is 0 Å². The molecule has 10 rings (SSSR count). The second kappa shape index (κ2) is 15.2. The highest BCUT2D eigenvalue weighted by molar-refractivity contribution is 6.02. The minimum absolute atomic E-state index is 0.0904. The Labute approximate surface area is 351 Å². The summed E-state index contributed by atoms with van der Waals surface area (Å²) in [4.78, 5) is 27.8. The number of rotatable bonds is 3. The average Bonchev–Trinajstić information content (AvgIpc) is 3.49. The highest BCUT2D eigenvalue weighted by atomic mass is 16.1. The Hall–Kier alpha value is -7.78. The van der Waals surface area contributed by atoms with Gasteiger partial charge < -0.3 is 0 Å². The molecule has 0 amide bonds. The van der Waals surface area contributed by atoms with Crippen LogP contribution >= 0.6 is 0 Å². The van der Waals surface area contributed by atoms with Crippen molar-refractivity contribution in [1.29, 1.82) is 0 Å². The number of fused-ring (bicyclic) bond motifs is 4. The summed E-state index contributed by atoms with van der Waals surface area (Å²) in [6, 6.07) is 69.8. The third kappa shape index (κ3) is 6.19. The third-order valence-electron chi connectivity index (χ3n) is 12.1. The normalized spacial score (nSPS) is 17.5. The molecular formula is C58H38O2. The molecule has 2 aliphatic rings. The summed E-state index contributed by atoms with van der Waals surface area (Å²) in [6.07, 6.45) is 0.624. The Balaban J connectivity index is 1.13. The number of ketones is 2. The summed E-state index contributed by atoms with van der Waals surface area (Å²) in [7, 11) is 0. The molecule has 0 saturated carbocycles. The number of Topliss-reactive ketones (excluding diaryl/α,β-unsaturated/α-hetero) is 2. The molecule has 282 valence electrons. The van der Waals surface area contributed by atoms with Gasteiger partial charge in [0.15, 0.2) is 11.6 Å². The van der Waals surface area contributed by atoms with Gasteiger partial charge in [-0.3, -0.25) is 9.59 Å². The number of hydrogen-bond donors (Lipinski definition) is 0. The summed E-state index contributed by atoms with van der Waals surface area (Å²) in [5, 5.41) is 0. The van der Waals surface area contributed by atoms with Gasteiger partial charge in [-0.1, -0.05) is 206 Å². The molecule has 0 fully saturated rings. The van der Waals surface area contributed by atoms with Crippen LogP contribution in [0.2, 0.25) is 0 Å². The molecule has 0 spiro atoms. The predicted molar refractivity (Wildman–Crippen MR) is 240 cm³/mol. The Kier molecular flexibility index (Phi) is 9.25. The Morgan fingerprint density at radius 1 is 0.333 bits per heavy atom. The van der Waals surface area contributed by atoms with E-state index in [-0.39, 0.29) is 11.6 Å². The summed E-state index contributed by atoms with van der Waals surface area (Å²) >= 11 is 0. The number of benzene rings is 8. The zero-order chi connectivity index (χ0) is 40.5. The van der Waals surface area contributed by atoms with Crippen molar-refractivity contribution >= 4 is 11.6 Å². The lowest BCUT2D eigenvalue weighted by atomic mass is 9.67. The highest BCUT2D eigenvalue weighted by Gasteiger charge is 2.43. The molecule has 2 aliphatic carbocycles. The van der Waals surface area contributed by atoms with Gasteiger partial charge in [0.2, 0.25) is 0 Å². The quantitative estimate of drug-likeness (QED) is 0.168. The van der Waals surface area contributed by atoms with E-state index in [4.69, 9.17) is 0 Å². The van der Waals surface area contributed by atoms with Crippen LogP contribution in [0.5, 0.6) is 0 Å². The number of carbonyl (C=O) groups excluding carboxylic acids is 2. The van der Waals surface area contributed by atoms with Crippen LogP contribution in [-0.2, 0) is 23.7 Å². The van der Waals surface area contributed by atoms with E-state index >= 15 is 0 Å². The van der Waals surface area contributed by atoms with Gasteiger partial charge in [0, 0.05) is 35.1 Å². The molecule has 0 saturated heterocycles. The first kappa shape index (κ1) is 36.6. The molecule has 8 aromatic carbocycles. The van der Waals surface area contributed by atoms with Crippen molar-refractivity contribution in [2.75, 3.05) is 0 Å². The first-order valence-corrected chi connectivity index (χ1v) is 20.3. The van der Waals surface area contributed by atoms with Crippen LogP contribution < -0.4 is 0 Å². The maximum absolute atomic E-state index is 13.9. The summed E-state index contributed by atoms with van der Waals surface area (Å²) in [5.74, 6) is 14.7. The lowest BCUT2D eigenvalue weighted by molar-refractivity contribution is 0.0984. The van der Waals surface area contributed by atoms with E-state index in [9.17, 15) is 9.59 Å². The predicted octanol–water partition coefficient (Wildman–Crippen LogP) is 11.6. The van der Waals surface area contributed by atoms with E-state index in [0.29, 0.717) is 24.0 Å². The Bertz CT molecular complexity index is 2850. The van der Waals surface area contributed by atoms with Gasteiger partial charge in [-0.05, 0) is 79.9 Å². The fourth-order valence-electron chi connectivity index (χ4n) is 9.25. The van der Waals surface area contributed by atoms with Crippen LogP contribution in [0.15, 0.2) is 206 Å². The zero-order valence-corrected chi connectivity index (χ0v) is 32.9. The van der Waals surface area contributed by atoms with Gasteiger partial charge in [0.1, 0.15) is 10.8 Å². The Morgan fingerprint density at radius 3 is 1.07 bits per heavy atom. The second-order valence-electron chi connectivity index (χ2n) is 15.5. The molecule has 0 aromatic heterocycles. The molecule has 8 aromatic rings. The van der Waals surface area contributed by atoms with Crippen LogP contribution in [0.1, 0.15) is 76.4 Å². The topological polar surface area (TPSA) is 34.1 Å². The standard InChI is InChI=1S/C58H38O2/c59-55-39-45-19-7-11-23-51(45)57(53-25-13-9-21-49(53)55,37-35-41-15-3-1-4-16-41)47-31-27-43(28-32-47)44-29-33-48(34-30-44)58(38-36-42-17-5-2-6-18-42)52-24-12-8-20-46(52)40-56(60)50-22-10-14-26-54(50)58/h1-34H,39-40H2. The zero-order valence-electron chi connectivity index (χ0n) is 32.9. The van der Waals surface area contributed by atoms with Crippen LogP contribution in [0.25, 0.3) is 11.1 Å². The van der Waals surface area contributed by atoms with Crippen LogP contribution in [-0.4, -0.2) is 11.6 Å². The van der Waals surface area contributed by atoms with Crippen molar-refractivity contribution in [2.45, 2.75) is 23.7 Å². The van der Waals surface area contributed by atoms with E-state index < -0.39 is 10.8 Å². The average molecular weight is 767 g/mol. The molecule has 0 heterocycles. The molecule has 2 nitrogen and oxygen atoms in total. The molecule has 2 atom stereocenters. The van der Waals surface area contributed by atoms with Crippen molar-refractivity contribution in [2.24, 2.45) is 0 Å². The van der Waals surface area contributed by atoms with E-state index in [1.807, 2.05) is 121 Å². The summed E-state index contributed by atoms with van der Waals surface area (Å²) in [5.41, 5.74) is 11.3. The van der Waals surface area contributed by atoms with E-state index in [1.54, 1.807) is 0 Å². The number of carbonyl (C=O) groups is 2.